The van der Waals surface area contributed by atoms with E-state index < -0.39 is 11.7 Å². The summed E-state index contributed by atoms with van der Waals surface area (Å²) in [6.07, 6.45) is 0.250. The Morgan fingerprint density at radius 2 is 2.07 bits per heavy atom. The number of carbonyl (C=O) groups excluding carboxylic acids is 1. The zero-order valence-corrected chi connectivity index (χ0v) is 16.4. The molecule has 8 heteroatoms. The third kappa shape index (κ3) is 4.03. The highest BCUT2D eigenvalue weighted by Crippen LogP contribution is 2.37. The molecule has 1 saturated heterocycles. The van der Waals surface area contributed by atoms with Crippen molar-refractivity contribution in [3.05, 3.63) is 81.5 Å². The van der Waals surface area contributed by atoms with Gasteiger partial charge in [-0.05, 0) is 47.2 Å². The molecule has 0 aliphatic carbocycles. The number of nitrogens with zero attached hydrogens (tertiary/aromatic N) is 4. The minimum Gasteiger partial charge on any atom is -0.390 e. The third-order valence-corrected chi connectivity index (χ3v) is 5.91. The number of hydrogen-bond acceptors (Lipinski definition) is 4. The SMILES string of the molecule is [N-]=[N+]=NC[C@@]1(O)CCO[C@@H](C(=O)N2CCc3ccccc3[C@@H]2c2ccc(F)cc2)C1. The van der Waals surface area contributed by atoms with Crippen molar-refractivity contribution in [2.75, 3.05) is 19.7 Å². The maximum atomic E-state index is 13.5. The highest BCUT2D eigenvalue weighted by atomic mass is 19.1. The van der Waals surface area contributed by atoms with Crippen molar-refractivity contribution in [1.82, 2.24) is 4.90 Å². The van der Waals surface area contributed by atoms with Crippen LogP contribution in [0.15, 0.2) is 53.6 Å². The lowest BCUT2D eigenvalue weighted by Gasteiger charge is -2.42. The van der Waals surface area contributed by atoms with Gasteiger partial charge in [0.15, 0.2) is 0 Å². The van der Waals surface area contributed by atoms with Crippen LogP contribution >= 0.6 is 0 Å². The van der Waals surface area contributed by atoms with Crippen molar-refractivity contribution in [2.24, 2.45) is 5.11 Å². The summed E-state index contributed by atoms with van der Waals surface area (Å²) in [4.78, 5) is 18.0. The molecule has 2 aromatic rings. The molecule has 2 aromatic carbocycles. The number of halogens is 1. The van der Waals surface area contributed by atoms with Crippen LogP contribution in [-0.2, 0) is 16.0 Å². The third-order valence-electron chi connectivity index (χ3n) is 5.91. The number of amides is 1. The first kappa shape index (κ1) is 20.3. The maximum Gasteiger partial charge on any atom is 0.252 e. The summed E-state index contributed by atoms with van der Waals surface area (Å²) in [5.74, 6) is -0.558. The average molecular weight is 410 g/mol. The Morgan fingerprint density at radius 3 is 2.83 bits per heavy atom. The first-order chi connectivity index (χ1) is 14.5. The summed E-state index contributed by atoms with van der Waals surface area (Å²) in [5.41, 5.74) is 10.3. The van der Waals surface area contributed by atoms with Gasteiger partial charge in [-0.15, -0.1) is 0 Å². The molecule has 2 aliphatic rings. The summed E-state index contributed by atoms with van der Waals surface area (Å²) < 4.78 is 19.2. The molecule has 4 rings (SSSR count). The van der Waals surface area contributed by atoms with Crippen LogP contribution in [0.4, 0.5) is 4.39 Å². The van der Waals surface area contributed by atoms with E-state index >= 15 is 0 Å². The quantitative estimate of drug-likeness (QED) is 0.474. The standard InChI is InChI=1S/C22H23FN4O3/c23-17-7-5-16(6-8-17)20-18-4-2-1-3-15(18)9-11-27(20)21(28)19-13-22(29,10-12-30-19)14-25-26-24/h1-8,19-20,29H,9-14H2/t19-,20+,22-/m1/s1. The van der Waals surface area contributed by atoms with Gasteiger partial charge < -0.3 is 14.7 Å². The number of hydrogen-bond donors (Lipinski definition) is 1. The lowest BCUT2D eigenvalue weighted by molar-refractivity contribution is -0.160. The summed E-state index contributed by atoms with van der Waals surface area (Å²) in [7, 11) is 0. The topological polar surface area (TPSA) is 98.5 Å². The van der Waals surface area contributed by atoms with E-state index in [-0.39, 0.29) is 37.3 Å². The van der Waals surface area contributed by atoms with Crippen LogP contribution in [0, 0.1) is 5.82 Å². The van der Waals surface area contributed by atoms with E-state index in [1.54, 1.807) is 17.0 Å². The Hall–Kier alpha value is -2.93. The molecule has 0 unspecified atom stereocenters. The molecule has 0 radical (unpaired) electrons. The first-order valence-corrected chi connectivity index (χ1v) is 9.99. The number of aliphatic hydroxyl groups is 1. The molecule has 2 aliphatic heterocycles. The zero-order chi connectivity index (χ0) is 21.1. The first-order valence-electron chi connectivity index (χ1n) is 9.99. The normalized spacial score (nSPS) is 25.9. The molecule has 3 atom stereocenters. The second-order valence-corrected chi connectivity index (χ2v) is 7.86. The highest BCUT2D eigenvalue weighted by Gasteiger charge is 2.42. The van der Waals surface area contributed by atoms with E-state index in [0.29, 0.717) is 19.4 Å². The van der Waals surface area contributed by atoms with Crippen LogP contribution in [0.2, 0.25) is 0 Å². The number of carbonyl (C=O) groups is 1. The van der Waals surface area contributed by atoms with Crippen molar-refractivity contribution < 1.29 is 19.0 Å². The van der Waals surface area contributed by atoms with Crippen molar-refractivity contribution in [3.63, 3.8) is 0 Å². The largest absolute Gasteiger partial charge is 0.390 e. The van der Waals surface area contributed by atoms with Crippen molar-refractivity contribution in [1.29, 1.82) is 0 Å². The van der Waals surface area contributed by atoms with Gasteiger partial charge >= 0.3 is 0 Å². The number of azide groups is 1. The molecule has 0 spiro atoms. The Balaban J connectivity index is 1.65. The smallest absolute Gasteiger partial charge is 0.252 e. The Morgan fingerprint density at radius 1 is 1.30 bits per heavy atom. The lowest BCUT2D eigenvalue weighted by atomic mass is 9.86. The van der Waals surface area contributed by atoms with E-state index in [0.717, 1.165) is 16.7 Å². The fourth-order valence-corrected chi connectivity index (χ4v) is 4.36. The fraction of sp³-hybridized carbons (Fsp3) is 0.409. The van der Waals surface area contributed by atoms with Gasteiger partial charge in [0, 0.05) is 17.9 Å². The molecule has 2 heterocycles. The van der Waals surface area contributed by atoms with Crippen LogP contribution in [-0.4, -0.2) is 47.3 Å². The zero-order valence-electron chi connectivity index (χ0n) is 16.4. The average Bonchev–Trinajstić information content (AvgIpc) is 2.77. The van der Waals surface area contributed by atoms with Crippen LogP contribution in [0.1, 0.15) is 35.6 Å². The number of benzene rings is 2. The fourth-order valence-electron chi connectivity index (χ4n) is 4.36. The Labute approximate surface area is 173 Å². The minimum absolute atomic E-state index is 0.0686. The van der Waals surface area contributed by atoms with Crippen LogP contribution < -0.4 is 0 Å². The van der Waals surface area contributed by atoms with E-state index in [4.69, 9.17) is 10.3 Å². The van der Waals surface area contributed by atoms with Gasteiger partial charge in [0.05, 0.1) is 24.8 Å². The van der Waals surface area contributed by atoms with E-state index in [1.807, 2.05) is 24.3 Å². The Kier molecular flexibility index (Phi) is 5.72. The number of fused-ring (bicyclic) bond motifs is 1. The van der Waals surface area contributed by atoms with E-state index in [9.17, 15) is 14.3 Å². The van der Waals surface area contributed by atoms with Crippen molar-refractivity contribution in [3.8, 4) is 0 Å². The summed E-state index contributed by atoms with van der Waals surface area (Å²) in [5, 5.41) is 14.2. The molecule has 7 nitrogen and oxygen atoms in total. The lowest BCUT2D eigenvalue weighted by Crippen LogP contribution is -2.52. The predicted octanol–water partition coefficient (Wildman–Crippen LogP) is 3.52. The second-order valence-electron chi connectivity index (χ2n) is 7.86. The molecule has 1 N–H and O–H groups in total. The van der Waals surface area contributed by atoms with Gasteiger partial charge in [-0.2, -0.15) is 0 Å². The van der Waals surface area contributed by atoms with Crippen molar-refractivity contribution >= 4 is 5.91 Å². The predicted molar refractivity (Wildman–Crippen MR) is 108 cm³/mol. The van der Waals surface area contributed by atoms with Gasteiger partial charge in [-0.3, -0.25) is 4.79 Å². The Bertz CT molecular complexity index is 977. The van der Waals surface area contributed by atoms with Crippen LogP contribution in [0.5, 0.6) is 0 Å². The summed E-state index contributed by atoms with van der Waals surface area (Å²) in [6.45, 7) is 0.604. The van der Waals surface area contributed by atoms with Crippen molar-refractivity contribution in [2.45, 2.75) is 37.0 Å². The van der Waals surface area contributed by atoms with Crippen LogP contribution in [0.25, 0.3) is 10.4 Å². The molecule has 0 aromatic heterocycles. The molecule has 156 valence electrons. The van der Waals surface area contributed by atoms with Gasteiger partial charge in [-0.1, -0.05) is 41.5 Å². The van der Waals surface area contributed by atoms with Crippen LogP contribution in [0.3, 0.4) is 0 Å². The monoisotopic (exact) mass is 410 g/mol. The second kappa shape index (κ2) is 8.44. The highest BCUT2D eigenvalue weighted by molar-refractivity contribution is 5.82. The molecular formula is C22H23FN4O3. The van der Waals surface area contributed by atoms with Gasteiger partial charge in [0.2, 0.25) is 0 Å². The molecule has 0 saturated carbocycles. The molecule has 1 fully saturated rings. The minimum atomic E-state index is -1.26. The molecular weight excluding hydrogens is 387 g/mol. The number of ether oxygens (including phenoxy) is 1. The van der Waals surface area contributed by atoms with E-state index in [2.05, 4.69) is 10.0 Å². The number of rotatable bonds is 4. The van der Waals surface area contributed by atoms with E-state index in [1.165, 1.54) is 12.1 Å². The molecule has 0 bridgehead atoms. The summed E-state index contributed by atoms with van der Waals surface area (Å²) in [6, 6.07) is 13.8. The maximum absolute atomic E-state index is 13.5. The molecule has 1 amide bonds. The van der Waals surface area contributed by atoms with Gasteiger partial charge in [0.25, 0.3) is 5.91 Å². The van der Waals surface area contributed by atoms with Gasteiger partial charge in [-0.25, -0.2) is 4.39 Å². The van der Waals surface area contributed by atoms with Gasteiger partial charge in [0.1, 0.15) is 11.9 Å². The molecule has 30 heavy (non-hydrogen) atoms. The summed E-state index contributed by atoms with van der Waals surface area (Å²) >= 11 is 0.